The number of hydrogen-bond acceptors (Lipinski definition) is 26. The third-order valence-electron chi connectivity index (χ3n) is 11.5. The van der Waals surface area contributed by atoms with Crippen LogP contribution < -0.4 is 10.6 Å². The van der Waals surface area contributed by atoms with E-state index < -0.39 is 30.0 Å². The zero-order valence-corrected chi connectivity index (χ0v) is 47.1. The molecule has 28 nitrogen and oxygen atoms in total. The molecule has 0 unspecified atom stereocenters. The first-order valence-electron chi connectivity index (χ1n) is 24.1. The maximum absolute atomic E-state index is 13.1. The molecule has 86 heavy (non-hydrogen) atoms. The molecular weight excluding hydrogens is 1240 g/mol. The van der Waals surface area contributed by atoms with Crippen LogP contribution in [-0.4, -0.2) is 186 Å². The van der Waals surface area contributed by atoms with Crippen LogP contribution in [0.3, 0.4) is 0 Å². The number of nitrogens with one attached hydrogen (secondary N) is 2. The second kappa shape index (κ2) is 27.4. The predicted octanol–water partition coefficient (Wildman–Crippen LogP) is 6.63. The molecule has 0 amide bonds. The number of hydrogen-bond donors (Lipinski definition) is 4. The van der Waals surface area contributed by atoms with Gasteiger partial charge in [-0.15, -0.1) is 20.4 Å². The van der Waals surface area contributed by atoms with Gasteiger partial charge in [0.05, 0.1) is 22.7 Å². The molecule has 6 aromatic carbocycles. The first-order chi connectivity index (χ1) is 40.8. The van der Waals surface area contributed by atoms with Crippen LogP contribution in [0.15, 0.2) is 221 Å². The fourth-order valence-electron chi connectivity index (χ4n) is 7.80. The van der Waals surface area contributed by atoms with Gasteiger partial charge in [-0.3, -0.25) is 9.11 Å². The van der Waals surface area contributed by atoms with Crippen LogP contribution >= 0.6 is 47.0 Å². The van der Waals surface area contributed by atoms with Crippen molar-refractivity contribution in [3.63, 3.8) is 0 Å². The third kappa shape index (κ3) is 14.8. The summed E-state index contributed by atoms with van der Waals surface area (Å²) in [7, 11) is -9.91. The zero-order valence-electron chi connectivity index (χ0n) is 42.2. The van der Waals surface area contributed by atoms with Crippen molar-refractivity contribution in [3.05, 3.63) is 181 Å². The molecule has 0 atom stereocenters. The second-order valence-corrected chi connectivity index (χ2v) is 23.7. The van der Waals surface area contributed by atoms with Crippen molar-refractivity contribution in [2.24, 2.45) is 0 Å². The van der Waals surface area contributed by atoms with Crippen molar-refractivity contribution >= 4 is 162 Å². The summed E-state index contributed by atoms with van der Waals surface area (Å²) < 4.78 is 79.7. The van der Waals surface area contributed by atoms with Gasteiger partial charge >= 0.3 is 59.1 Å². The molecule has 12 aromatic rings. The van der Waals surface area contributed by atoms with Crippen LogP contribution in [-0.2, 0) is 20.2 Å². The molecule has 0 aliphatic heterocycles. The Morgan fingerprint density at radius 2 is 0.686 bits per heavy atom. The van der Waals surface area contributed by atoms with Crippen molar-refractivity contribution in [3.8, 4) is 22.7 Å². The molecule has 0 saturated heterocycles. The Morgan fingerprint density at radius 1 is 0.384 bits per heavy atom. The van der Waals surface area contributed by atoms with Crippen LogP contribution in [0.5, 0.6) is 0 Å². The van der Waals surface area contributed by atoms with E-state index in [0.717, 1.165) is 47.0 Å². The molecule has 0 radical (unpaired) electrons. The van der Waals surface area contributed by atoms with E-state index >= 15 is 0 Å². The van der Waals surface area contributed by atoms with E-state index in [9.17, 15) is 25.9 Å². The van der Waals surface area contributed by atoms with Gasteiger partial charge in [-0.25, -0.2) is 19.9 Å². The minimum atomic E-state index is -4.95. The molecule has 0 fully saturated rings. The molecule has 0 spiro atoms. The summed E-state index contributed by atoms with van der Waals surface area (Å²) in [6, 6.07) is 48.2. The third-order valence-corrected chi connectivity index (χ3v) is 16.6. The first-order valence-corrected chi connectivity index (χ1v) is 30.3. The van der Waals surface area contributed by atoms with Crippen LogP contribution in [0.1, 0.15) is 11.1 Å². The number of nitrogens with zero attached hydrogens (tertiary/aromatic N) is 20. The Hall–Kier alpha value is -7.68. The van der Waals surface area contributed by atoms with Gasteiger partial charge in [0.1, 0.15) is 31.5 Å². The average Bonchev–Trinajstić information content (AvgIpc) is 2.81. The van der Waals surface area contributed by atoms with E-state index in [2.05, 4.69) is 72.7 Å². The molecule has 0 aliphatic rings. The van der Waals surface area contributed by atoms with Gasteiger partial charge in [0.2, 0.25) is 20.6 Å². The number of benzene rings is 6. The number of rotatable bonds is 20. The number of tetrazole rings is 4. The van der Waals surface area contributed by atoms with E-state index in [1.165, 1.54) is 67.3 Å². The fourth-order valence-corrected chi connectivity index (χ4v) is 12.4. The Kier molecular flexibility index (Phi) is 19.5. The predicted molar refractivity (Wildman–Crippen MR) is 319 cm³/mol. The van der Waals surface area contributed by atoms with Gasteiger partial charge in [-0.2, -0.15) is 35.6 Å². The van der Waals surface area contributed by atoms with Crippen molar-refractivity contribution in [2.45, 2.75) is 50.8 Å². The van der Waals surface area contributed by atoms with Gasteiger partial charge in [0.15, 0.2) is 10.3 Å². The van der Waals surface area contributed by atoms with E-state index in [1.807, 2.05) is 121 Å². The van der Waals surface area contributed by atoms with Crippen molar-refractivity contribution in [1.82, 2.24) is 101 Å². The van der Waals surface area contributed by atoms with E-state index in [-0.39, 0.29) is 104 Å². The Bertz CT molecular complexity index is 4130. The number of para-hydroxylation sites is 4. The topological polar surface area (TPSA) is 359 Å². The van der Waals surface area contributed by atoms with Crippen LogP contribution in [0.25, 0.3) is 34.9 Å². The molecule has 6 heterocycles. The van der Waals surface area contributed by atoms with Crippen LogP contribution in [0, 0.1) is 0 Å². The van der Waals surface area contributed by atoms with E-state index in [1.54, 1.807) is 12.1 Å². The van der Waals surface area contributed by atoms with E-state index in [4.69, 9.17) is 19.9 Å². The minimum absolute atomic E-state index is 0. The summed E-state index contributed by atoms with van der Waals surface area (Å²) in [6.07, 6.45) is 2.55. The quantitative estimate of drug-likeness (QED) is 0.0204. The average molecular weight is 1280 g/mol. The Morgan fingerprint density at radius 3 is 0.988 bits per heavy atom. The molecule has 12 rings (SSSR count). The summed E-state index contributed by atoms with van der Waals surface area (Å²) >= 11 is 4.34. The van der Waals surface area contributed by atoms with Crippen molar-refractivity contribution in [1.29, 1.82) is 0 Å². The molecular formula is C50H36N22Na2O6S6. The summed E-state index contributed by atoms with van der Waals surface area (Å²) in [5, 5.41) is 57.5. The second-order valence-electron chi connectivity index (χ2n) is 17.0. The SMILES string of the molecule is O=S(=O)(O)c1cc(Nc2cc(Sc3nnnn3-c3ccccc3)nc(Sc3nnnn3-c3ccccc3)n2)ccc1C=Cc1ccc(Nc2cc(Sc3nnnn3-c3ccccc3)nc(Sc3nnnn3-c3ccccc3)n2)cc1S(=O)(=O)O.[NaH].[NaH]. The number of aromatic nitrogens is 20. The molecule has 0 bridgehead atoms. The van der Waals surface area contributed by atoms with Gasteiger partial charge in [0.25, 0.3) is 20.2 Å². The summed E-state index contributed by atoms with van der Waals surface area (Å²) in [4.78, 5) is 17.8. The number of anilines is 4. The summed E-state index contributed by atoms with van der Waals surface area (Å²) in [6.45, 7) is 0. The summed E-state index contributed by atoms with van der Waals surface area (Å²) in [5.41, 5.74) is 2.99. The van der Waals surface area contributed by atoms with Crippen LogP contribution in [0.4, 0.5) is 23.0 Å². The standard InChI is InChI=1S/C50H34N22O6S6.2Na.2H/c73-83(74,75)39-27-33(51-41-29-43(79-47-57-61-65-69(47)35-13-5-1-6-14-35)55-45(53-41)81-49-59-63-67-71(49)37-17-9-3-10-18-37)25-23-31(39)21-22-32-24-26-34(28-40(32)84(76,77)78)52-42-30-44(80-48-58-62-66-70(48)36-15-7-2-8-16-36)56-46(54-42)82-50-60-64-68-72(50)38-19-11-4-12-20-38;;;;/h1-30H,(H,51,53,55)(H,52,54,56)(H,73,74,75)(H,76,77,78);;;;. The molecule has 36 heteroatoms. The van der Waals surface area contributed by atoms with Crippen molar-refractivity contribution < 1.29 is 25.9 Å². The molecule has 4 N–H and O–H groups in total. The maximum atomic E-state index is 13.1. The van der Waals surface area contributed by atoms with Gasteiger partial charge in [-0.05, 0) is 173 Å². The molecule has 0 aliphatic carbocycles. The monoisotopic (exact) mass is 1280 g/mol. The van der Waals surface area contributed by atoms with Crippen LogP contribution in [0.2, 0.25) is 0 Å². The first kappa shape index (κ1) is 61.4. The van der Waals surface area contributed by atoms with Gasteiger partial charge in [0, 0.05) is 23.5 Å². The van der Waals surface area contributed by atoms with Crippen molar-refractivity contribution in [2.75, 3.05) is 10.6 Å². The Balaban J connectivity index is 0.00000410. The van der Waals surface area contributed by atoms with Gasteiger partial charge in [-0.1, -0.05) is 97.1 Å². The Labute approximate surface area is 548 Å². The molecule has 0 saturated carbocycles. The van der Waals surface area contributed by atoms with Gasteiger partial charge < -0.3 is 10.6 Å². The normalized spacial score (nSPS) is 11.5. The fraction of sp³-hybridized carbons (Fsp3) is 0. The zero-order chi connectivity index (χ0) is 57.6. The molecule has 420 valence electrons. The molecule has 6 aromatic heterocycles. The van der Waals surface area contributed by atoms with E-state index in [0.29, 0.717) is 53.4 Å². The summed E-state index contributed by atoms with van der Waals surface area (Å²) in [5.74, 6) is 0.371.